The number of rotatable bonds is 3. The molecule has 3 heterocycles. The van der Waals surface area contributed by atoms with Gasteiger partial charge in [-0.3, -0.25) is 0 Å². The molecule has 0 bridgehead atoms. The Bertz CT molecular complexity index is 1110. The van der Waals surface area contributed by atoms with Crippen molar-refractivity contribution in [2.24, 2.45) is 5.41 Å². The Hall–Kier alpha value is -2.12. The highest BCUT2D eigenvalue weighted by atomic mass is 35.5. The smallest absolute Gasteiger partial charge is 0.169 e. The van der Waals surface area contributed by atoms with Crippen LogP contribution in [-0.2, 0) is 0 Å². The van der Waals surface area contributed by atoms with Crippen molar-refractivity contribution in [3.05, 3.63) is 28.9 Å². The van der Waals surface area contributed by atoms with Crippen molar-refractivity contribution in [2.75, 3.05) is 44.4 Å². The summed E-state index contributed by atoms with van der Waals surface area (Å²) in [4.78, 5) is 12.0. The Balaban J connectivity index is 1.72. The first-order valence-corrected chi connectivity index (χ1v) is 9.81. The van der Waals surface area contributed by atoms with E-state index in [0.29, 0.717) is 33.3 Å². The molecule has 2 aliphatic rings. The molecule has 0 amide bonds. The van der Waals surface area contributed by atoms with Crippen LogP contribution in [0.2, 0.25) is 5.02 Å². The second-order valence-electron chi connectivity index (χ2n) is 8.24. The summed E-state index contributed by atoms with van der Waals surface area (Å²) >= 11 is 6.56. The molecule has 1 aromatic carbocycles. The Morgan fingerprint density at radius 2 is 2.14 bits per heavy atom. The zero-order valence-corrected chi connectivity index (χ0v) is 16.8. The van der Waals surface area contributed by atoms with Crippen LogP contribution in [0, 0.1) is 17.0 Å². The molecule has 2 aromatic heterocycles. The minimum atomic E-state index is -0.892. The second kappa shape index (κ2) is 5.94. The molecule has 1 aliphatic heterocycles. The van der Waals surface area contributed by atoms with Gasteiger partial charge in [-0.05, 0) is 26.9 Å². The number of fused-ring (bicyclic) bond motifs is 3. The van der Waals surface area contributed by atoms with E-state index in [1.807, 2.05) is 0 Å². The molecule has 5 nitrogen and oxygen atoms in total. The molecule has 148 valence electrons. The Kier molecular flexibility index (Phi) is 3.81. The van der Waals surface area contributed by atoms with E-state index in [4.69, 9.17) is 11.6 Å². The third-order valence-corrected chi connectivity index (χ3v) is 6.74. The van der Waals surface area contributed by atoms with Crippen LogP contribution in [0.4, 0.5) is 20.2 Å². The Morgan fingerprint density at radius 1 is 1.36 bits per heavy atom. The number of pyridine rings is 1. The highest BCUT2D eigenvalue weighted by molar-refractivity contribution is 6.36. The van der Waals surface area contributed by atoms with Crippen LogP contribution in [0.3, 0.4) is 0 Å². The van der Waals surface area contributed by atoms with E-state index >= 15 is 0 Å². The van der Waals surface area contributed by atoms with Gasteiger partial charge in [-0.25, -0.2) is 13.8 Å². The molecular weight excluding hydrogens is 384 g/mol. The lowest BCUT2D eigenvalue weighted by Crippen LogP contribution is -2.26. The number of nitrogens with one attached hydrogen (secondary N) is 2. The van der Waals surface area contributed by atoms with E-state index in [-0.39, 0.29) is 10.8 Å². The predicted molar refractivity (Wildman–Crippen MR) is 109 cm³/mol. The van der Waals surface area contributed by atoms with Crippen molar-refractivity contribution in [3.63, 3.8) is 0 Å². The van der Waals surface area contributed by atoms with Crippen molar-refractivity contribution < 1.29 is 8.78 Å². The van der Waals surface area contributed by atoms with E-state index in [2.05, 4.69) is 39.2 Å². The number of halogens is 3. The zero-order chi connectivity index (χ0) is 19.8. The SMILES string of the molecule is CNc1cc(F)c(F)c2c1[nH]c1ncc(Cl)c(N3CCC4(CC4N(C)C)C3)c12. The molecule has 2 unspecified atom stereocenters. The van der Waals surface area contributed by atoms with Gasteiger partial charge in [-0.2, -0.15) is 0 Å². The van der Waals surface area contributed by atoms with Gasteiger partial charge in [0.25, 0.3) is 0 Å². The monoisotopic (exact) mass is 405 g/mol. The molecule has 1 saturated carbocycles. The van der Waals surface area contributed by atoms with Crippen molar-refractivity contribution in [1.29, 1.82) is 0 Å². The molecule has 5 rings (SSSR count). The van der Waals surface area contributed by atoms with Crippen molar-refractivity contribution >= 4 is 44.9 Å². The van der Waals surface area contributed by atoms with Gasteiger partial charge in [-0.15, -0.1) is 0 Å². The lowest BCUT2D eigenvalue weighted by Gasteiger charge is -2.22. The fourth-order valence-corrected chi connectivity index (χ4v) is 5.27. The zero-order valence-electron chi connectivity index (χ0n) is 16.0. The lowest BCUT2D eigenvalue weighted by atomic mass is 10.1. The van der Waals surface area contributed by atoms with Gasteiger partial charge < -0.3 is 20.1 Å². The maximum absolute atomic E-state index is 14.9. The number of anilines is 2. The summed E-state index contributed by atoms with van der Waals surface area (Å²) in [5.41, 5.74) is 2.50. The number of hydrogen-bond donors (Lipinski definition) is 2. The molecule has 2 N–H and O–H groups in total. The van der Waals surface area contributed by atoms with Gasteiger partial charge in [0.2, 0.25) is 0 Å². The molecule has 1 aliphatic carbocycles. The summed E-state index contributed by atoms with van der Waals surface area (Å²) in [7, 11) is 5.89. The summed E-state index contributed by atoms with van der Waals surface area (Å²) in [6, 6.07) is 1.71. The number of nitrogens with zero attached hydrogens (tertiary/aromatic N) is 3. The second-order valence-corrected chi connectivity index (χ2v) is 8.65. The average molecular weight is 406 g/mol. The van der Waals surface area contributed by atoms with Gasteiger partial charge in [0, 0.05) is 37.7 Å². The van der Waals surface area contributed by atoms with Gasteiger partial charge in [0.15, 0.2) is 11.6 Å². The predicted octanol–water partition coefficient (Wildman–Crippen LogP) is 4.22. The molecule has 8 heteroatoms. The normalized spacial score (nSPS) is 24.2. The van der Waals surface area contributed by atoms with Crippen LogP contribution in [0.5, 0.6) is 0 Å². The lowest BCUT2D eigenvalue weighted by molar-refractivity contribution is 0.335. The topological polar surface area (TPSA) is 47.2 Å². The minimum Gasteiger partial charge on any atom is -0.386 e. The van der Waals surface area contributed by atoms with Crippen LogP contribution >= 0.6 is 11.6 Å². The standard InChI is InChI=1S/C20H22ClF2N5/c1-24-12-6-11(22)16(23)14-15-18(10(21)8-25-19(15)26-17(12)14)28-5-4-20(9-28)7-13(20)27(2)3/h6,8,13,24H,4-5,7,9H2,1-3H3,(H,25,26). The quantitative estimate of drug-likeness (QED) is 0.685. The van der Waals surface area contributed by atoms with Crippen LogP contribution in [0.25, 0.3) is 21.9 Å². The maximum atomic E-state index is 14.9. The average Bonchev–Trinajstić information content (AvgIpc) is 3.01. The van der Waals surface area contributed by atoms with E-state index in [9.17, 15) is 8.78 Å². The van der Waals surface area contributed by atoms with Crippen molar-refractivity contribution in [1.82, 2.24) is 14.9 Å². The number of aromatic nitrogens is 2. The maximum Gasteiger partial charge on any atom is 0.169 e. The minimum absolute atomic E-state index is 0.199. The molecule has 28 heavy (non-hydrogen) atoms. The summed E-state index contributed by atoms with van der Waals surface area (Å²) in [6.07, 6.45) is 3.81. The van der Waals surface area contributed by atoms with Crippen molar-refractivity contribution in [3.8, 4) is 0 Å². The molecular formula is C20H22ClF2N5. The van der Waals surface area contributed by atoms with Gasteiger partial charge >= 0.3 is 0 Å². The number of H-pyrrole nitrogens is 1. The summed E-state index contributed by atoms with van der Waals surface area (Å²) in [5, 5.41) is 4.14. The summed E-state index contributed by atoms with van der Waals surface area (Å²) in [6.45, 7) is 1.70. The van der Waals surface area contributed by atoms with Crippen LogP contribution in [0.15, 0.2) is 12.3 Å². The largest absolute Gasteiger partial charge is 0.386 e. The Labute approximate surface area is 166 Å². The van der Waals surface area contributed by atoms with Crippen LogP contribution in [0.1, 0.15) is 12.8 Å². The van der Waals surface area contributed by atoms with Crippen LogP contribution < -0.4 is 10.2 Å². The highest BCUT2D eigenvalue weighted by Crippen LogP contribution is 2.57. The number of hydrogen-bond acceptors (Lipinski definition) is 4. The first-order chi connectivity index (χ1) is 13.4. The molecule has 1 spiro atoms. The fraction of sp³-hybridized carbons (Fsp3) is 0.450. The Morgan fingerprint density at radius 3 is 2.82 bits per heavy atom. The third kappa shape index (κ3) is 2.35. The molecule has 2 fully saturated rings. The van der Waals surface area contributed by atoms with Gasteiger partial charge in [0.05, 0.1) is 38.9 Å². The first-order valence-electron chi connectivity index (χ1n) is 9.43. The third-order valence-electron chi connectivity index (χ3n) is 6.46. The van der Waals surface area contributed by atoms with Gasteiger partial charge in [-0.1, -0.05) is 11.6 Å². The van der Waals surface area contributed by atoms with Gasteiger partial charge in [0.1, 0.15) is 5.65 Å². The van der Waals surface area contributed by atoms with E-state index in [0.717, 1.165) is 37.7 Å². The number of aromatic amines is 1. The van der Waals surface area contributed by atoms with E-state index in [1.165, 1.54) is 0 Å². The first kappa shape index (κ1) is 17.9. The molecule has 2 atom stereocenters. The summed E-state index contributed by atoms with van der Waals surface area (Å²) in [5.74, 6) is -1.77. The molecule has 0 radical (unpaired) electrons. The van der Waals surface area contributed by atoms with E-state index in [1.54, 1.807) is 13.2 Å². The fourth-order valence-electron chi connectivity index (χ4n) is 5.01. The number of benzene rings is 1. The molecule has 3 aromatic rings. The summed E-state index contributed by atoms with van der Waals surface area (Å²) < 4.78 is 29.2. The van der Waals surface area contributed by atoms with Crippen LogP contribution in [-0.4, -0.2) is 55.1 Å². The van der Waals surface area contributed by atoms with Crippen molar-refractivity contribution in [2.45, 2.75) is 18.9 Å². The van der Waals surface area contributed by atoms with E-state index < -0.39 is 11.6 Å². The molecule has 1 saturated heterocycles. The highest BCUT2D eigenvalue weighted by Gasteiger charge is 2.58.